The van der Waals surface area contributed by atoms with Crippen molar-refractivity contribution in [2.75, 3.05) is 7.11 Å². The van der Waals surface area contributed by atoms with Gasteiger partial charge in [-0.25, -0.2) is 0 Å². The minimum absolute atomic E-state index is 0.819. The molecule has 4 heteroatoms. The Hall–Kier alpha value is 0.710. The van der Waals surface area contributed by atoms with E-state index in [4.69, 9.17) is 4.74 Å². The molecule has 1 nitrogen and oxygen atoms in total. The van der Waals surface area contributed by atoms with Crippen molar-refractivity contribution in [1.82, 2.24) is 0 Å². The summed E-state index contributed by atoms with van der Waals surface area (Å²) in [5, 5.41) is 0.819. The quantitative estimate of drug-likeness (QED) is 0.534. The molecule has 0 unspecified atom stereocenters. The van der Waals surface area contributed by atoms with Crippen LogP contribution in [0.4, 0.5) is 0 Å². The van der Waals surface area contributed by atoms with Gasteiger partial charge in [0, 0.05) is 15.4 Å². The number of benzene rings is 1. The molecule has 0 heterocycles. The second-order valence-corrected chi connectivity index (χ2v) is 4.68. The van der Waals surface area contributed by atoms with Crippen LogP contribution in [0.15, 0.2) is 16.6 Å². The predicted octanol–water partition coefficient (Wildman–Crippen LogP) is 3.96. The monoisotopic (exact) mass is 404 g/mol. The number of rotatable bonds is 2. The number of alkyl halides is 1. The zero-order valence-electron chi connectivity index (χ0n) is 6.40. The van der Waals surface area contributed by atoms with Crippen molar-refractivity contribution < 1.29 is 4.74 Å². The zero-order chi connectivity index (χ0) is 9.14. The first-order valence-electron chi connectivity index (χ1n) is 3.27. The van der Waals surface area contributed by atoms with Gasteiger partial charge in [0.25, 0.3) is 0 Å². The minimum Gasteiger partial charge on any atom is -0.495 e. The Kier molecular flexibility index (Phi) is 4.32. The molecule has 0 radical (unpaired) electrons. The molecule has 0 fully saturated rings. The lowest BCUT2D eigenvalue weighted by molar-refractivity contribution is 0.408. The van der Waals surface area contributed by atoms with Gasteiger partial charge in [-0.05, 0) is 44.6 Å². The summed E-state index contributed by atoms with van der Waals surface area (Å²) in [6.07, 6.45) is 0. The lowest BCUT2D eigenvalue weighted by atomic mass is 10.2. The fourth-order valence-corrected chi connectivity index (χ4v) is 2.40. The molecule has 0 aliphatic heterocycles. The highest BCUT2D eigenvalue weighted by molar-refractivity contribution is 14.1. The van der Waals surface area contributed by atoms with E-state index in [1.54, 1.807) is 7.11 Å². The van der Waals surface area contributed by atoms with Gasteiger partial charge in [0.15, 0.2) is 0 Å². The summed E-state index contributed by atoms with van der Waals surface area (Å²) in [5.74, 6) is 0.946. The van der Waals surface area contributed by atoms with E-state index in [1.165, 1.54) is 5.56 Å². The molecule has 0 aromatic heterocycles. The van der Waals surface area contributed by atoms with Crippen LogP contribution in [-0.2, 0) is 5.33 Å². The van der Waals surface area contributed by atoms with Crippen LogP contribution < -0.4 is 4.74 Å². The van der Waals surface area contributed by atoms with Gasteiger partial charge in [0.05, 0.1) is 10.7 Å². The largest absolute Gasteiger partial charge is 0.495 e. The van der Waals surface area contributed by atoms with E-state index in [2.05, 4.69) is 54.5 Å². The van der Waals surface area contributed by atoms with Gasteiger partial charge >= 0.3 is 0 Å². The highest BCUT2D eigenvalue weighted by atomic mass is 127. The number of hydrogen-bond acceptors (Lipinski definition) is 1. The van der Waals surface area contributed by atoms with Gasteiger partial charge in [0.2, 0.25) is 0 Å². The third kappa shape index (κ3) is 2.14. The second kappa shape index (κ2) is 4.81. The average Bonchev–Trinajstić information content (AvgIpc) is 2.09. The summed E-state index contributed by atoms with van der Waals surface area (Å²) in [6.45, 7) is 0. The maximum Gasteiger partial charge on any atom is 0.137 e. The Morgan fingerprint density at radius 1 is 1.50 bits per heavy atom. The van der Waals surface area contributed by atoms with Gasteiger partial charge in [-0.1, -0.05) is 22.0 Å². The molecule has 0 N–H and O–H groups in total. The van der Waals surface area contributed by atoms with Crippen LogP contribution in [-0.4, -0.2) is 7.11 Å². The average molecular weight is 406 g/mol. The number of hydrogen-bond donors (Lipinski definition) is 0. The van der Waals surface area contributed by atoms with Crippen LogP contribution in [0.2, 0.25) is 0 Å². The van der Waals surface area contributed by atoms with Crippen molar-refractivity contribution in [2.45, 2.75) is 5.33 Å². The molecule has 1 aromatic carbocycles. The van der Waals surface area contributed by atoms with E-state index in [9.17, 15) is 0 Å². The third-order valence-corrected chi connectivity index (χ3v) is 4.56. The molecular formula is C8H7Br2IO. The van der Waals surface area contributed by atoms with Gasteiger partial charge < -0.3 is 4.74 Å². The topological polar surface area (TPSA) is 9.23 Å². The molecule has 0 atom stereocenters. The normalized spacial score (nSPS) is 10.0. The molecule has 12 heavy (non-hydrogen) atoms. The lowest BCUT2D eigenvalue weighted by Gasteiger charge is -2.09. The summed E-state index contributed by atoms with van der Waals surface area (Å²) in [5.41, 5.74) is 1.17. The molecule has 0 saturated heterocycles. The number of halogens is 3. The maximum atomic E-state index is 5.28. The first-order valence-corrected chi connectivity index (χ1v) is 6.27. The highest BCUT2D eigenvalue weighted by Gasteiger charge is 2.08. The summed E-state index contributed by atoms with van der Waals surface area (Å²) < 4.78 is 7.47. The van der Waals surface area contributed by atoms with E-state index in [0.717, 1.165) is 19.1 Å². The van der Waals surface area contributed by atoms with E-state index in [1.807, 2.05) is 12.1 Å². The minimum atomic E-state index is 0.819. The maximum absolute atomic E-state index is 5.28. The van der Waals surface area contributed by atoms with Crippen LogP contribution in [0.1, 0.15) is 5.56 Å². The van der Waals surface area contributed by atoms with Crippen LogP contribution in [0.25, 0.3) is 0 Å². The van der Waals surface area contributed by atoms with E-state index < -0.39 is 0 Å². The molecule has 0 amide bonds. The molecule has 1 rings (SSSR count). The van der Waals surface area contributed by atoms with Gasteiger partial charge in [-0.3, -0.25) is 0 Å². The first kappa shape index (κ1) is 10.8. The van der Waals surface area contributed by atoms with Crippen LogP contribution in [0.5, 0.6) is 5.75 Å². The number of methoxy groups -OCH3 is 1. The summed E-state index contributed by atoms with van der Waals surface area (Å²) in [4.78, 5) is 0. The fourth-order valence-electron chi connectivity index (χ4n) is 0.898. The lowest BCUT2D eigenvalue weighted by Crippen LogP contribution is -1.92. The first-order chi connectivity index (χ1) is 5.70. The zero-order valence-corrected chi connectivity index (χ0v) is 11.7. The Morgan fingerprint density at radius 2 is 2.17 bits per heavy atom. The Labute approximate surface area is 102 Å². The number of ether oxygens (including phenoxy) is 1. The fraction of sp³-hybridized carbons (Fsp3) is 0.250. The highest BCUT2D eigenvalue weighted by Crippen LogP contribution is 2.32. The molecule has 0 bridgehead atoms. The van der Waals surface area contributed by atoms with Crippen LogP contribution in [0, 0.1) is 3.57 Å². The SMILES string of the molecule is COc1c(CBr)ccc(Br)c1I. The third-order valence-electron chi connectivity index (χ3n) is 1.48. The summed E-state index contributed by atoms with van der Waals surface area (Å²) in [7, 11) is 1.69. The van der Waals surface area contributed by atoms with E-state index >= 15 is 0 Å². The van der Waals surface area contributed by atoms with Crippen molar-refractivity contribution in [3.8, 4) is 5.75 Å². The van der Waals surface area contributed by atoms with E-state index in [0.29, 0.717) is 0 Å². The Morgan fingerprint density at radius 3 is 2.67 bits per heavy atom. The van der Waals surface area contributed by atoms with Crippen molar-refractivity contribution >= 4 is 54.5 Å². The van der Waals surface area contributed by atoms with Crippen LogP contribution >= 0.6 is 54.5 Å². The molecule has 66 valence electrons. The van der Waals surface area contributed by atoms with Crippen LogP contribution in [0.3, 0.4) is 0 Å². The molecule has 1 aromatic rings. The second-order valence-electron chi connectivity index (χ2n) is 2.19. The standard InChI is InChI=1S/C8H7Br2IO/c1-12-8-5(4-9)2-3-6(10)7(8)11/h2-3H,4H2,1H3. The van der Waals surface area contributed by atoms with Crippen molar-refractivity contribution in [3.63, 3.8) is 0 Å². The van der Waals surface area contributed by atoms with Crippen molar-refractivity contribution in [3.05, 3.63) is 25.7 Å². The van der Waals surface area contributed by atoms with Crippen molar-refractivity contribution in [2.24, 2.45) is 0 Å². The molecule has 0 aliphatic rings. The van der Waals surface area contributed by atoms with Gasteiger partial charge in [0.1, 0.15) is 5.75 Å². The van der Waals surface area contributed by atoms with Gasteiger partial charge in [-0.2, -0.15) is 0 Å². The molecule has 0 saturated carbocycles. The Bertz CT molecular complexity index is 289. The molecule has 0 spiro atoms. The molecule has 0 aliphatic carbocycles. The van der Waals surface area contributed by atoms with Gasteiger partial charge in [-0.15, -0.1) is 0 Å². The summed E-state index contributed by atoms with van der Waals surface area (Å²) in [6, 6.07) is 4.07. The molecular weight excluding hydrogens is 399 g/mol. The predicted molar refractivity (Wildman–Crippen MR) is 66.0 cm³/mol. The smallest absolute Gasteiger partial charge is 0.137 e. The van der Waals surface area contributed by atoms with E-state index in [-0.39, 0.29) is 0 Å². The summed E-state index contributed by atoms with van der Waals surface area (Å²) >= 11 is 9.12. The van der Waals surface area contributed by atoms with Crippen molar-refractivity contribution in [1.29, 1.82) is 0 Å². The Balaban J connectivity index is 3.25.